The van der Waals surface area contributed by atoms with Crippen LogP contribution >= 0.6 is 0 Å². The first-order chi connectivity index (χ1) is 42.3. The van der Waals surface area contributed by atoms with Gasteiger partial charge in [0.15, 0.2) is 5.96 Å². The number of amides is 10. The van der Waals surface area contributed by atoms with Gasteiger partial charge in [-0.15, -0.1) is 0 Å². The number of ether oxygens (including phenoxy) is 1. The van der Waals surface area contributed by atoms with Crippen LogP contribution < -0.4 is 59.3 Å². The van der Waals surface area contributed by atoms with E-state index in [2.05, 4.69) is 67.8 Å². The fourth-order valence-electron chi connectivity index (χ4n) is 10.3. The number of aromatic nitrogens is 3. The Morgan fingerprint density at radius 2 is 1.36 bits per heavy atom. The molecule has 0 spiro atoms. The lowest BCUT2D eigenvalue weighted by molar-refractivity contribution is -0.142. The van der Waals surface area contributed by atoms with Crippen molar-refractivity contribution in [3.8, 4) is 5.75 Å². The number of aromatic amines is 2. The summed E-state index contributed by atoms with van der Waals surface area (Å²) in [6.07, 6.45) is 5.56. The smallest absolute Gasteiger partial charge is 0.245 e. The van der Waals surface area contributed by atoms with E-state index in [1.54, 1.807) is 58.2 Å². The summed E-state index contributed by atoms with van der Waals surface area (Å²) < 4.78 is 6.04. The Morgan fingerprint density at radius 1 is 0.753 bits per heavy atom. The maximum atomic E-state index is 14.8. The first-order valence-electron chi connectivity index (χ1n) is 29.9. The third-order valence-corrected chi connectivity index (χ3v) is 14.9. The molecule has 0 bridgehead atoms. The number of fused-ring (bicyclic) bond motifs is 1. The fourth-order valence-corrected chi connectivity index (χ4v) is 10.3. The van der Waals surface area contributed by atoms with Crippen molar-refractivity contribution in [3.05, 3.63) is 84.1 Å². The van der Waals surface area contributed by atoms with Gasteiger partial charge in [0, 0.05) is 74.3 Å². The van der Waals surface area contributed by atoms with Gasteiger partial charge in [0.05, 0.1) is 25.1 Å². The number of guanidine groups is 1. The second-order valence-electron chi connectivity index (χ2n) is 23.6. The number of para-hydroxylation sites is 1. The molecule has 17 N–H and O–H groups in total. The van der Waals surface area contributed by atoms with Crippen molar-refractivity contribution < 1.29 is 62.9 Å². The van der Waals surface area contributed by atoms with E-state index in [1.807, 2.05) is 13.8 Å². The van der Waals surface area contributed by atoms with Crippen LogP contribution in [0.3, 0.4) is 0 Å². The summed E-state index contributed by atoms with van der Waals surface area (Å²) in [4.78, 5) is 156. The minimum absolute atomic E-state index is 0.0578. The number of aliphatic hydroxyl groups is 1. The molecule has 4 aromatic rings. The Bertz CT molecular complexity index is 3120. The number of H-pyrrole nitrogens is 2. The monoisotopic (exact) mass is 1240 g/mol. The highest BCUT2D eigenvalue weighted by atomic mass is 16.5. The third kappa shape index (κ3) is 21.0. The van der Waals surface area contributed by atoms with Gasteiger partial charge in [0.1, 0.15) is 60.1 Å². The van der Waals surface area contributed by atoms with Crippen LogP contribution in [0.15, 0.2) is 72.2 Å². The normalized spacial score (nSPS) is 17.2. The summed E-state index contributed by atoms with van der Waals surface area (Å²) in [5.74, 6) is -7.72. The summed E-state index contributed by atoms with van der Waals surface area (Å²) in [5.41, 5.74) is 12.4. The van der Waals surface area contributed by atoms with Gasteiger partial charge in [-0.25, -0.2) is 4.98 Å². The third-order valence-electron chi connectivity index (χ3n) is 14.9. The van der Waals surface area contributed by atoms with Crippen LogP contribution in [-0.4, -0.2) is 188 Å². The number of hydrogen-bond acceptors (Lipinski definition) is 15. The van der Waals surface area contributed by atoms with E-state index < -0.39 is 120 Å². The van der Waals surface area contributed by atoms with E-state index >= 15 is 0 Å². The van der Waals surface area contributed by atoms with Crippen LogP contribution in [0.5, 0.6) is 5.75 Å². The lowest BCUT2D eigenvalue weighted by Gasteiger charge is -2.31. The maximum Gasteiger partial charge on any atom is 0.245 e. The highest BCUT2D eigenvalue weighted by Crippen LogP contribution is 2.22. The zero-order valence-electron chi connectivity index (χ0n) is 51.1. The number of imidazole rings is 1. The van der Waals surface area contributed by atoms with Crippen molar-refractivity contribution in [2.45, 2.75) is 166 Å². The number of likely N-dealkylation sites (tertiary alicyclic amines) is 1. The van der Waals surface area contributed by atoms with Crippen molar-refractivity contribution in [3.63, 3.8) is 0 Å². The van der Waals surface area contributed by atoms with Crippen molar-refractivity contribution in [1.29, 1.82) is 0 Å². The molecule has 10 amide bonds. The number of phenols is 1. The van der Waals surface area contributed by atoms with Gasteiger partial charge in [-0.2, -0.15) is 0 Å². The van der Waals surface area contributed by atoms with Crippen LogP contribution in [0, 0.1) is 5.92 Å². The predicted molar refractivity (Wildman–Crippen MR) is 326 cm³/mol. The molecule has 0 unspecified atom stereocenters. The number of benzene rings is 2. The SMILES string of the molecule is CCNC(=O)[C@H]1CCCN1C(=O)[C@H](CCCN=C(N)N)NC(=O)[C@H](CC(C)C)NC(=O)[C@@H](COC(C)(C)C)NC(=O)[C@H](Cc1ccc(O)cc1)NC(=O)[C@H](CO)NC(=O)[C@H](Cc1c[nH]c2ccccc12)NC(=O)[C@H](Cc1cnc[nH]1)NC(=O)[C@@H]1CCC(=O)N1. The molecule has 484 valence electrons. The van der Waals surface area contributed by atoms with Gasteiger partial charge in [-0.3, -0.25) is 52.9 Å². The van der Waals surface area contributed by atoms with Gasteiger partial charge >= 0.3 is 0 Å². The molecule has 29 heteroatoms. The van der Waals surface area contributed by atoms with Crippen LogP contribution in [0.2, 0.25) is 0 Å². The Labute approximate surface area is 515 Å². The van der Waals surface area contributed by atoms with E-state index in [9.17, 15) is 58.2 Å². The first-order valence-corrected chi connectivity index (χ1v) is 29.9. The fraction of sp³-hybridized carbons (Fsp3) is 0.533. The van der Waals surface area contributed by atoms with Crippen molar-refractivity contribution in [2.24, 2.45) is 22.4 Å². The summed E-state index contributed by atoms with van der Waals surface area (Å²) in [5, 5.41) is 45.7. The van der Waals surface area contributed by atoms with E-state index in [0.717, 1.165) is 0 Å². The Hall–Kier alpha value is -9.12. The number of likely N-dealkylation sites (N-methyl/N-ethyl adjacent to an activating group) is 1. The number of hydrogen-bond donors (Lipinski definition) is 15. The van der Waals surface area contributed by atoms with Gasteiger partial charge < -0.3 is 89.1 Å². The zero-order chi connectivity index (χ0) is 65.0. The molecule has 2 aromatic heterocycles. The van der Waals surface area contributed by atoms with E-state index in [4.69, 9.17) is 16.2 Å². The van der Waals surface area contributed by atoms with E-state index in [0.29, 0.717) is 47.1 Å². The molecule has 0 radical (unpaired) electrons. The quantitative estimate of drug-likeness (QED) is 0.0148. The highest BCUT2D eigenvalue weighted by molar-refractivity contribution is 5.99. The average Bonchev–Trinajstić information content (AvgIpc) is 2.55. The number of nitrogens with zero attached hydrogens (tertiary/aromatic N) is 3. The number of phenolic OH excluding ortho intramolecular Hbond substituents is 1. The number of aromatic hydroxyl groups is 1. The van der Waals surface area contributed by atoms with Crippen LogP contribution in [0.4, 0.5) is 0 Å². The lowest BCUT2D eigenvalue weighted by Crippen LogP contribution is -2.62. The molecule has 2 aliphatic rings. The maximum absolute atomic E-state index is 14.8. The average molecular weight is 1240 g/mol. The zero-order valence-corrected chi connectivity index (χ0v) is 51.1. The van der Waals surface area contributed by atoms with E-state index in [1.165, 1.54) is 41.7 Å². The molecule has 2 aliphatic heterocycles. The minimum atomic E-state index is -1.78. The molecular weight excluding hydrogens is 1150 g/mol. The molecule has 6 rings (SSSR count). The lowest BCUT2D eigenvalue weighted by atomic mass is 10.0. The molecule has 29 nitrogen and oxygen atoms in total. The van der Waals surface area contributed by atoms with Gasteiger partial charge in [0.2, 0.25) is 59.1 Å². The van der Waals surface area contributed by atoms with Gasteiger partial charge in [-0.05, 0) is 101 Å². The standard InChI is InChI=1S/C60H86N16O13/c1-7-64-57(87)48-15-11-23-76(48)58(88)41(14-10-22-65-59(61)62)69-51(81)42(24-33(2)3)70-56(86)47(31-89-60(4,5)6)75-52(82)43(25-34-16-18-37(78)19-17-34)71-55(85)46(30-77)74-53(83)44(26-35-28-66-39-13-9-8-12-38(35)39)72-54(84)45(27-36-29-63-32-67-36)73-50(80)40-20-21-49(79)68-40/h8-9,12-13,16-19,28-29,32-33,40-48,66,77-78H,7,10-11,14-15,20-27,30-31H2,1-6H3,(H,63,67)(H,64,87)(H,68,79)(H,69,81)(H,70,86)(H,71,85)(H,72,84)(H,73,80)(H,74,83)(H,75,82)(H4,61,62,65)/t40-,41-,42-,43-,44-,45-,46-,47+,48+/m0/s1. The molecular formula is C60H86N16O13. The highest BCUT2D eigenvalue weighted by Gasteiger charge is 2.40. The predicted octanol–water partition coefficient (Wildman–Crippen LogP) is -1.67. The summed E-state index contributed by atoms with van der Waals surface area (Å²) in [7, 11) is 0. The molecule has 2 saturated heterocycles. The van der Waals surface area contributed by atoms with Crippen LogP contribution in [0.1, 0.15) is 103 Å². The number of aliphatic imine (C=N–C) groups is 1. The van der Waals surface area contributed by atoms with Gasteiger partial charge in [-0.1, -0.05) is 44.2 Å². The van der Waals surface area contributed by atoms with E-state index in [-0.39, 0.29) is 93.9 Å². The number of carbonyl (C=O) groups is 10. The molecule has 4 heterocycles. The van der Waals surface area contributed by atoms with Gasteiger partial charge in [0.25, 0.3) is 0 Å². The number of aliphatic hydroxyl groups excluding tert-OH is 1. The largest absolute Gasteiger partial charge is 0.508 e. The Kier molecular flexibility index (Phi) is 25.4. The van der Waals surface area contributed by atoms with Crippen LogP contribution in [-0.2, 0) is 71.9 Å². The van der Waals surface area contributed by atoms with Crippen molar-refractivity contribution >= 4 is 75.9 Å². The number of nitrogens with one attached hydrogen (secondary N) is 11. The molecule has 0 saturated carbocycles. The topological polar surface area (TPSA) is 441 Å². The first kappa shape index (κ1) is 69.0. The summed E-state index contributed by atoms with van der Waals surface area (Å²) in [6, 6.07) is 1.02. The molecule has 0 aliphatic carbocycles. The Balaban J connectivity index is 1.24. The number of rotatable bonds is 32. The minimum Gasteiger partial charge on any atom is -0.508 e. The summed E-state index contributed by atoms with van der Waals surface area (Å²) in [6.45, 7) is 9.78. The van der Waals surface area contributed by atoms with Crippen molar-refractivity contribution in [1.82, 2.24) is 67.7 Å². The van der Waals surface area contributed by atoms with Crippen molar-refractivity contribution in [2.75, 3.05) is 32.8 Å². The second-order valence-corrected chi connectivity index (χ2v) is 23.6. The number of nitrogens with two attached hydrogens (primary N) is 2. The Morgan fingerprint density at radius 3 is 1.98 bits per heavy atom. The second kappa shape index (κ2) is 32.7. The summed E-state index contributed by atoms with van der Waals surface area (Å²) >= 11 is 0. The van der Waals surface area contributed by atoms with Crippen LogP contribution in [0.25, 0.3) is 10.9 Å². The molecule has 2 fully saturated rings. The molecule has 9 atom stereocenters. The molecule has 89 heavy (non-hydrogen) atoms. The molecule has 2 aromatic carbocycles. The number of carbonyl (C=O) groups excluding carboxylic acids is 10.